The van der Waals surface area contributed by atoms with Crippen LogP contribution >= 0.6 is 0 Å². The van der Waals surface area contributed by atoms with Crippen molar-refractivity contribution < 1.29 is 9.90 Å². The van der Waals surface area contributed by atoms with E-state index in [4.69, 9.17) is 0 Å². The number of pyridine rings is 1. The highest BCUT2D eigenvalue weighted by Crippen LogP contribution is 2.27. The minimum absolute atomic E-state index is 0.0705. The fourth-order valence-corrected chi connectivity index (χ4v) is 3.24. The van der Waals surface area contributed by atoms with E-state index < -0.39 is 0 Å². The number of amides is 2. The number of rotatable bonds is 2. The van der Waals surface area contributed by atoms with E-state index in [1.54, 1.807) is 11.0 Å². The summed E-state index contributed by atoms with van der Waals surface area (Å²) in [6, 6.07) is 9.08. The van der Waals surface area contributed by atoms with Gasteiger partial charge < -0.3 is 14.9 Å². The highest BCUT2D eigenvalue weighted by molar-refractivity contribution is 5.92. The van der Waals surface area contributed by atoms with Gasteiger partial charge in [-0.15, -0.1) is 0 Å². The fraction of sp³-hybridized carbons (Fsp3) is 0.278. The van der Waals surface area contributed by atoms with E-state index in [9.17, 15) is 9.90 Å². The molecule has 1 saturated heterocycles. The molecule has 1 aromatic carbocycles. The molecule has 0 saturated carbocycles. The number of carbonyl (C=O) groups excluding carboxylic acids is 1. The van der Waals surface area contributed by atoms with Crippen molar-refractivity contribution in [1.29, 1.82) is 0 Å². The zero-order chi connectivity index (χ0) is 18.1. The first-order chi connectivity index (χ1) is 12.6. The van der Waals surface area contributed by atoms with Gasteiger partial charge in [-0.2, -0.15) is 5.10 Å². The maximum atomic E-state index is 12.4. The van der Waals surface area contributed by atoms with Crippen molar-refractivity contribution in [1.82, 2.24) is 19.7 Å². The number of piperazine rings is 1. The molecule has 0 bridgehead atoms. The van der Waals surface area contributed by atoms with Crippen LogP contribution in [0.25, 0.3) is 10.9 Å². The molecule has 3 heterocycles. The number of nitrogens with zero attached hydrogens (tertiary/aromatic N) is 5. The number of aromatic hydroxyl groups is 1. The second kappa shape index (κ2) is 6.55. The zero-order valence-corrected chi connectivity index (χ0v) is 14.5. The van der Waals surface area contributed by atoms with E-state index in [-0.39, 0.29) is 11.8 Å². The van der Waals surface area contributed by atoms with Crippen LogP contribution in [0.1, 0.15) is 0 Å². The lowest BCUT2D eigenvalue weighted by Gasteiger charge is -2.36. The molecule has 4 rings (SSSR count). The Morgan fingerprint density at radius 1 is 1.12 bits per heavy atom. The summed E-state index contributed by atoms with van der Waals surface area (Å²) < 4.78 is 1.87. The van der Waals surface area contributed by atoms with Crippen molar-refractivity contribution >= 4 is 28.4 Å². The average molecular weight is 352 g/mol. The summed E-state index contributed by atoms with van der Waals surface area (Å²) in [5, 5.41) is 17.5. The minimum Gasteiger partial charge on any atom is -0.506 e. The molecule has 1 fully saturated rings. The van der Waals surface area contributed by atoms with Gasteiger partial charge in [-0.3, -0.25) is 10.00 Å². The molecular formula is C18H20N6O2. The topological polar surface area (TPSA) is 86.5 Å². The van der Waals surface area contributed by atoms with Crippen LogP contribution in [0, 0.1) is 0 Å². The number of aromatic nitrogens is 3. The van der Waals surface area contributed by atoms with Crippen LogP contribution in [-0.4, -0.2) is 57.0 Å². The van der Waals surface area contributed by atoms with E-state index in [2.05, 4.69) is 32.4 Å². The first-order valence-corrected chi connectivity index (χ1v) is 8.48. The molecule has 8 nitrogen and oxygen atoms in total. The highest BCUT2D eigenvalue weighted by Gasteiger charge is 2.23. The van der Waals surface area contributed by atoms with E-state index in [0.29, 0.717) is 18.9 Å². The van der Waals surface area contributed by atoms with E-state index >= 15 is 0 Å². The molecule has 1 aliphatic heterocycles. The van der Waals surface area contributed by atoms with Crippen molar-refractivity contribution in [3.63, 3.8) is 0 Å². The molecule has 0 radical (unpaired) electrons. The lowest BCUT2D eigenvalue weighted by atomic mass is 10.2. The Labute approximate surface area is 150 Å². The third-order valence-electron chi connectivity index (χ3n) is 4.66. The van der Waals surface area contributed by atoms with Gasteiger partial charge in [0.1, 0.15) is 11.6 Å². The third kappa shape index (κ3) is 3.01. The van der Waals surface area contributed by atoms with E-state index in [1.165, 1.54) is 12.3 Å². The summed E-state index contributed by atoms with van der Waals surface area (Å²) in [4.78, 5) is 20.4. The Balaban J connectivity index is 1.42. The Bertz CT molecular complexity index is 929. The minimum atomic E-state index is -0.178. The second-order valence-corrected chi connectivity index (χ2v) is 6.28. The summed E-state index contributed by atoms with van der Waals surface area (Å²) in [5.41, 5.74) is 2.25. The molecule has 2 aromatic heterocycles. The standard InChI is InChI=1S/C18H20N6O2/c1-22-15-3-2-4-16(14(15)12-20-22)23-7-9-24(10-8-23)18(26)21-17-6-5-13(25)11-19-17/h2-6,11-12,25H,7-10H2,1H3,(H,19,21,26). The quantitative estimate of drug-likeness (QED) is 0.737. The van der Waals surface area contributed by atoms with Gasteiger partial charge in [0.2, 0.25) is 0 Å². The molecule has 0 aliphatic carbocycles. The van der Waals surface area contributed by atoms with Crippen LogP contribution in [-0.2, 0) is 7.05 Å². The molecule has 0 spiro atoms. The maximum absolute atomic E-state index is 12.4. The Hall–Kier alpha value is -3.29. The number of benzene rings is 1. The van der Waals surface area contributed by atoms with E-state index in [1.807, 2.05) is 24.0 Å². The monoisotopic (exact) mass is 352 g/mol. The normalized spacial score (nSPS) is 14.7. The van der Waals surface area contributed by atoms with Gasteiger partial charge in [-0.05, 0) is 24.3 Å². The van der Waals surface area contributed by atoms with Crippen LogP contribution in [0.5, 0.6) is 5.75 Å². The molecule has 0 unspecified atom stereocenters. The molecule has 2 N–H and O–H groups in total. The van der Waals surface area contributed by atoms with Crippen molar-refractivity contribution in [2.45, 2.75) is 0 Å². The maximum Gasteiger partial charge on any atom is 0.323 e. The lowest BCUT2D eigenvalue weighted by molar-refractivity contribution is 0.208. The summed E-state index contributed by atoms with van der Waals surface area (Å²) >= 11 is 0. The predicted octanol–water partition coefficient (Wildman–Crippen LogP) is 2.03. The van der Waals surface area contributed by atoms with Crippen molar-refractivity contribution in [2.24, 2.45) is 7.05 Å². The number of fused-ring (bicyclic) bond motifs is 1. The van der Waals surface area contributed by atoms with Crippen LogP contribution in [0.3, 0.4) is 0 Å². The van der Waals surface area contributed by atoms with Gasteiger partial charge in [0.15, 0.2) is 0 Å². The average Bonchev–Trinajstić information content (AvgIpc) is 3.05. The van der Waals surface area contributed by atoms with Crippen molar-refractivity contribution in [2.75, 3.05) is 36.4 Å². The molecule has 2 amide bonds. The smallest absolute Gasteiger partial charge is 0.323 e. The number of nitrogens with one attached hydrogen (secondary N) is 1. The molecule has 3 aromatic rings. The largest absolute Gasteiger partial charge is 0.506 e. The third-order valence-corrected chi connectivity index (χ3v) is 4.66. The molecule has 8 heteroatoms. The van der Waals surface area contributed by atoms with Gasteiger partial charge in [0, 0.05) is 44.3 Å². The summed E-state index contributed by atoms with van der Waals surface area (Å²) in [6.07, 6.45) is 3.20. The Morgan fingerprint density at radius 2 is 1.92 bits per heavy atom. The number of carbonyl (C=O) groups is 1. The van der Waals surface area contributed by atoms with Gasteiger partial charge >= 0.3 is 6.03 Å². The number of anilines is 2. The van der Waals surface area contributed by atoms with Crippen molar-refractivity contribution in [3.05, 3.63) is 42.7 Å². The van der Waals surface area contributed by atoms with Crippen LogP contribution < -0.4 is 10.2 Å². The molecular weight excluding hydrogens is 332 g/mol. The number of hydrogen-bond donors (Lipinski definition) is 2. The number of urea groups is 1. The highest BCUT2D eigenvalue weighted by atomic mass is 16.3. The van der Waals surface area contributed by atoms with Gasteiger partial charge in [0.05, 0.1) is 17.9 Å². The van der Waals surface area contributed by atoms with Crippen LogP contribution in [0.2, 0.25) is 0 Å². The first-order valence-electron chi connectivity index (χ1n) is 8.48. The predicted molar refractivity (Wildman–Crippen MR) is 99.4 cm³/mol. The zero-order valence-electron chi connectivity index (χ0n) is 14.5. The van der Waals surface area contributed by atoms with E-state index in [0.717, 1.165) is 29.7 Å². The first kappa shape index (κ1) is 16.2. The Kier molecular flexibility index (Phi) is 4.08. The van der Waals surface area contributed by atoms with Crippen LogP contribution in [0.4, 0.5) is 16.3 Å². The molecule has 1 aliphatic rings. The number of hydrogen-bond acceptors (Lipinski definition) is 5. The van der Waals surface area contributed by atoms with Gasteiger partial charge in [0.25, 0.3) is 0 Å². The summed E-state index contributed by atoms with van der Waals surface area (Å²) in [5.74, 6) is 0.497. The van der Waals surface area contributed by atoms with Crippen LogP contribution in [0.15, 0.2) is 42.7 Å². The molecule has 134 valence electrons. The lowest BCUT2D eigenvalue weighted by Crippen LogP contribution is -2.50. The second-order valence-electron chi connectivity index (χ2n) is 6.28. The molecule has 26 heavy (non-hydrogen) atoms. The SMILES string of the molecule is Cn1ncc2c(N3CCN(C(=O)Nc4ccc(O)cn4)CC3)cccc21. The number of aryl methyl sites for hydroxylation is 1. The Morgan fingerprint density at radius 3 is 2.65 bits per heavy atom. The summed E-state index contributed by atoms with van der Waals surface area (Å²) in [7, 11) is 1.94. The fourth-order valence-electron chi connectivity index (χ4n) is 3.24. The van der Waals surface area contributed by atoms with Gasteiger partial charge in [-0.25, -0.2) is 9.78 Å². The van der Waals surface area contributed by atoms with Gasteiger partial charge in [-0.1, -0.05) is 6.07 Å². The summed E-state index contributed by atoms with van der Waals surface area (Å²) in [6.45, 7) is 2.76. The van der Waals surface area contributed by atoms with Crippen molar-refractivity contribution in [3.8, 4) is 5.75 Å². The molecule has 0 atom stereocenters.